The Morgan fingerprint density at radius 2 is 1.67 bits per heavy atom. The molecule has 0 saturated carbocycles. The number of piperidine rings is 1. The number of nitrogens with one attached hydrogen (secondary N) is 1. The van der Waals surface area contributed by atoms with Crippen LogP contribution in [-0.2, 0) is 11.3 Å². The molecule has 1 saturated heterocycles. The van der Waals surface area contributed by atoms with Crippen LogP contribution in [0.15, 0.2) is 65.1 Å². The molecule has 0 unspecified atom stereocenters. The van der Waals surface area contributed by atoms with E-state index >= 15 is 4.39 Å². The lowest BCUT2D eigenvalue weighted by Crippen LogP contribution is -2.42. The summed E-state index contributed by atoms with van der Waals surface area (Å²) in [6, 6.07) is 16.6. The molecule has 2 amide bonds. The zero-order chi connectivity index (χ0) is 30.2. The number of fused-ring (bicyclic) bond motifs is 1. The Kier molecular flexibility index (Phi) is 7.98. The van der Waals surface area contributed by atoms with Gasteiger partial charge in [0.25, 0.3) is 11.8 Å². The third-order valence-corrected chi connectivity index (χ3v) is 7.19. The number of nitrogens with zero attached hydrogens (tertiary/aromatic N) is 1. The maximum Gasteiger partial charge on any atom is 0.408 e. The van der Waals surface area contributed by atoms with Crippen molar-refractivity contribution < 1.29 is 31.9 Å². The SMILES string of the molecule is CC(C)(C)OC(=O)NCc1cc2cc(-c3ccc(C(=O)N4CCC(F)(F)CC4)cc3F)cc(-c3ccc(Cl)cc3)c2o1. The minimum absolute atomic E-state index is 0.0760. The van der Waals surface area contributed by atoms with Gasteiger partial charge in [0.15, 0.2) is 0 Å². The Morgan fingerprint density at radius 3 is 2.31 bits per heavy atom. The molecule has 0 spiro atoms. The minimum atomic E-state index is -2.79. The van der Waals surface area contributed by atoms with Gasteiger partial charge in [-0.2, -0.15) is 0 Å². The number of likely N-dealkylation sites (tertiary alicyclic amines) is 1. The van der Waals surface area contributed by atoms with E-state index in [0.717, 1.165) is 11.6 Å². The van der Waals surface area contributed by atoms with E-state index in [1.807, 2.05) is 12.1 Å². The van der Waals surface area contributed by atoms with E-state index in [4.69, 9.17) is 20.8 Å². The first-order valence-electron chi connectivity index (χ1n) is 13.5. The molecule has 1 aliphatic rings. The van der Waals surface area contributed by atoms with E-state index in [-0.39, 0.29) is 30.8 Å². The highest BCUT2D eigenvalue weighted by atomic mass is 35.5. The summed E-state index contributed by atoms with van der Waals surface area (Å²) >= 11 is 6.10. The molecule has 42 heavy (non-hydrogen) atoms. The molecule has 3 aromatic carbocycles. The van der Waals surface area contributed by atoms with Gasteiger partial charge in [-0.05, 0) is 74.4 Å². The average Bonchev–Trinajstić information content (AvgIpc) is 3.34. The molecule has 220 valence electrons. The molecule has 6 nitrogen and oxygen atoms in total. The molecular formula is C32H30ClF3N2O4. The number of halogens is 4. The number of ether oxygens (including phenoxy) is 1. The van der Waals surface area contributed by atoms with Gasteiger partial charge >= 0.3 is 6.09 Å². The van der Waals surface area contributed by atoms with Crippen molar-refractivity contribution >= 4 is 34.6 Å². The highest BCUT2D eigenvalue weighted by molar-refractivity contribution is 6.30. The summed E-state index contributed by atoms with van der Waals surface area (Å²) in [5.74, 6) is -3.42. The quantitative estimate of drug-likeness (QED) is 0.250. The largest absolute Gasteiger partial charge is 0.459 e. The van der Waals surface area contributed by atoms with Crippen molar-refractivity contribution in [3.8, 4) is 22.3 Å². The second kappa shape index (κ2) is 11.4. The molecule has 0 radical (unpaired) electrons. The molecule has 1 aromatic heterocycles. The fraction of sp³-hybridized carbons (Fsp3) is 0.312. The van der Waals surface area contributed by atoms with Crippen molar-refractivity contribution in [1.29, 1.82) is 0 Å². The van der Waals surface area contributed by atoms with E-state index < -0.39 is 42.2 Å². The summed E-state index contributed by atoms with van der Waals surface area (Å²) in [5.41, 5.74) is 2.23. The molecule has 10 heteroatoms. The Labute approximate surface area is 246 Å². The summed E-state index contributed by atoms with van der Waals surface area (Å²) in [4.78, 5) is 26.4. The molecule has 0 aliphatic carbocycles. The number of amides is 2. The predicted octanol–water partition coefficient (Wildman–Crippen LogP) is 8.46. The molecular weight excluding hydrogens is 569 g/mol. The zero-order valence-electron chi connectivity index (χ0n) is 23.4. The van der Waals surface area contributed by atoms with Crippen molar-refractivity contribution in [2.45, 2.75) is 51.7 Å². The van der Waals surface area contributed by atoms with Crippen LogP contribution in [0, 0.1) is 5.82 Å². The summed E-state index contributed by atoms with van der Waals surface area (Å²) < 4.78 is 54.0. The lowest BCUT2D eigenvalue weighted by atomic mass is 9.95. The molecule has 2 heterocycles. The lowest BCUT2D eigenvalue weighted by Gasteiger charge is -2.31. The van der Waals surface area contributed by atoms with Gasteiger partial charge in [0.05, 0.1) is 6.54 Å². The molecule has 0 atom stereocenters. The van der Waals surface area contributed by atoms with Crippen molar-refractivity contribution in [2.24, 2.45) is 0 Å². The van der Waals surface area contributed by atoms with E-state index in [1.54, 1.807) is 51.1 Å². The molecule has 1 fully saturated rings. The van der Waals surface area contributed by atoms with Gasteiger partial charge in [-0.3, -0.25) is 4.79 Å². The van der Waals surface area contributed by atoms with Crippen LogP contribution in [0.2, 0.25) is 5.02 Å². The number of furan rings is 1. The van der Waals surface area contributed by atoms with Crippen LogP contribution in [0.5, 0.6) is 0 Å². The van der Waals surface area contributed by atoms with Crippen LogP contribution in [0.4, 0.5) is 18.0 Å². The highest BCUT2D eigenvalue weighted by Gasteiger charge is 2.36. The number of alkyl carbamates (subject to hydrolysis) is 1. The standard InChI is InChI=1S/C32H30ClF3N2O4/c1-31(2,3)42-30(40)37-18-24-15-22-14-21(16-26(28(22)41-24)19-4-7-23(33)8-5-19)25-9-6-20(17-27(25)34)29(39)38-12-10-32(35,36)11-13-38/h4-9,14-17H,10-13,18H2,1-3H3,(H,37,40). The number of alkyl halides is 2. The van der Waals surface area contributed by atoms with Gasteiger partial charge in [-0.15, -0.1) is 0 Å². The first kappa shape index (κ1) is 29.5. The van der Waals surface area contributed by atoms with Crippen molar-refractivity contribution in [3.63, 3.8) is 0 Å². The molecule has 1 aliphatic heterocycles. The second-order valence-electron chi connectivity index (χ2n) is 11.4. The van der Waals surface area contributed by atoms with Crippen molar-refractivity contribution in [1.82, 2.24) is 10.2 Å². The Morgan fingerprint density at radius 1 is 0.976 bits per heavy atom. The number of hydrogen-bond acceptors (Lipinski definition) is 4. The maximum absolute atomic E-state index is 15.5. The van der Waals surface area contributed by atoms with Crippen LogP contribution < -0.4 is 5.32 Å². The Balaban J connectivity index is 1.47. The fourth-order valence-electron chi connectivity index (χ4n) is 4.87. The van der Waals surface area contributed by atoms with Crippen LogP contribution in [0.1, 0.15) is 49.7 Å². The normalized spacial score (nSPS) is 15.1. The number of rotatable bonds is 5. The van der Waals surface area contributed by atoms with Gasteiger partial charge in [0, 0.05) is 53.0 Å². The average molecular weight is 599 g/mol. The first-order chi connectivity index (χ1) is 19.8. The van der Waals surface area contributed by atoms with Gasteiger partial charge < -0.3 is 19.4 Å². The van der Waals surface area contributed by atoms with Gasteiger partial charge in [0.2, 0.25) is 0 Å². The fourth-order valence-corrected chi connectivity index (χ4v) is 4.99. The third-order valence-electron chi connectivity index (χ3n) is 6.94. The summed E-state index contributed by atoms with van der Waals surface area (Å²) in [6.07, 6.45) is -1.41. The minimum Gasteiger partial charge on any atom is -0.459 e. The predicted molar refractivity (Wildman–Crippen MR) is 155 cm³/mol. The number of hydrogen-bond donors (Lipinski definition) is 1. The van der Waals surface area contributed by atoms with Gasteiger partial charge in [-0.1, -0.05) is 29.8 Å². The third kappa shape index (κ3) is 6.73. The molecule has 0 bridgehead atoms. The van der Waals surface area contributed by atoms with E-state index in [9.17, 15) is 18.4 Å². The number of benzene rings is 3. The summed E-state index contributed by atoms with van der Waals surface area (Å²) in [5, 5.41) is 3.90. The van der Waals surface area contributed by atoms with Crippen LogP contribution in [-0.4, -0.2) is 41.5 Å². The monoisotopic (exact) mass is 598 g/mol. The Hall–Kier alpha value is -3.98. The van der Waals surface area contributed by atoms with Gasteiger partial charge in [-0.25, -0.2) is 18.0 Å². The highest BCUT2D eigenvalue weighted by Crippen LogP contribution is 2.37. The second-order valence-corrected chi connectivity index (χ2v) is 11.8. The lowest BCUT2D eigenvalue weighted by molar-refractivity contribution is -0.0494. The van der Waals surface area contributed by atoms with Crippen molar-refractivity contribution in [3.05, 3.63) is 82.8 Å². The molecule has 5 rings (SSSR count). The van der Waals surface area contributed by atoms with Crippen LogP contribution >= 0.6 is 11.6 Å². The Bertz CT molecular complexity index is 1630. The van der Waals surface area contributed by atoms with E-state index in [0.29, 0.717) is 32.9 Å². The number of carbonyl (C=O) groups excluding carboxylic acids is 2. The molecule has 1 N–H and O–H groups in total. The smallest absolute Gasteiger partial charge is 0.408 e. The maximum atomic E-state index is 15.5. The summed E-state index contributed by atoms with van der Waals surface area (Å²) in [6.45, 7) is 5.22. The van der Waals surface area contributed by atoms with Crippen molar-refractivity contribution in [2.75, 3.05) is 13.1 Å². The van der Waals surface area contributed by atoms with E-state index in [2.05, 4.69) is 5.32 Å². The van der Waals surface area contributed by atoms with Gasteiger partial charge in [0.1, 0.15) is 22.8 Å². The molecule has 4 aromatic rings. The topological polar surface area (TPSA) is 71.8 Å². The van der Waals surface area contributed by atoms with E-state index in [1.165, 1.54) is 17.0 Å². The summed E-state index contributed by atoms with van der Waals surface area (Å²) in [7, 11) is 0. The van der Waals surface area contributed by atoms with Crippen LogP contribution in [0.3, 0.4) is 0 Å². The first-order valence-corrected chi connectivity index (χ1v) is 13.9. The number of carbonyl (C=O) groups is 2. The zero-order valence-corrected chi connectivity index (χ0v) is 24.2. The van der Waals surface area contributed by atoms with Crippen LogP contribution in [0.25, 0.3) is 33.2 Å².